The number of H-pyrrole nitrogens is 1. The van der Waals surface area contributed by atoms with Crippen molar-refractivity contribution in [3.05, 3.63) is 110 Å². The van der Waals surface area contributed by atoms with Gasteiger partial charge in [-0.15, -0.1) is 11.3 Å². The number of nitro benzene ring substituents is 1. The molecule has 2 saturated carbocycles. The van der Waals surface area contributed by atoms with Gasteiger partial charge in [-0.05, 0) is 153 Å². The number of fused-ring (bicyclic) bond motifs is 3. The molecule has 1 spiro atoms. The standard InChI is InChI=1S/C60H74N10O10S2/c1-37(2)44-14-25-81-54(44)51-35-66(34-39-26-52(77-4)58(78-5)63-33-39)22-23-68(51)42-30-60(31-42)17-20-67(21-18-60)41-6-8-45(48(28-41)69-47-13-24-79-36-53(47)80-57-50(69)27-40-12-19-61-55(40)64-57)56(71)65-82(75,76)43-7-9-46(49(29-43)70(73)74)62-32-38-10-15-59(3,72)16-11-38/h6-9,12,14,19,25-29,33,37-38,42,47,51,53,62,72H,10-11,13,15-18,20-24,30-32,34-36H2,1-5H3,(H,61,64)(H,65,71)/t38?,47-,51+,53-,59?/m0/s1. The van der Waals surface area contributed by atoms with Crippen LogP contribution in [0, 0.1) is 21.4 Å². The minimum atomic E-state index is -4.64. The smallest absolute Gasteiger partial charge is 0.293 e. The first-order valence-corrected chi connectivity index (χ1v) is 31.2. The molecule has 8 heterocycles. The number of benzene rings is 2. The summed E-state index contributed by atoms with van der Waals surface area (Å²) in [6.45, 7) is 12.8. The lowest BCUT2D eigenvalue weighted by Crippen LogP contribution is -2.59. The maximum Gasteiger partial charge on any atom is 0.293 e. The fourth-order valence-corrected chi connectivity index (χ4v) is 15.9. The molecule has 436 valence electrons. The van der Waals surface area contributed by atoms with Gasteiger partial charge in [0.2, 0.25) is 5.88 Å². The van der Waals surface area contributed by atoms with E-state index in [1.165, 1.54) is 22.6 Å². The highest BCUT2D eigenvalue weighted by atomic mass is 32.2. The molecular weight excluding hydrogens is 1080 g/mol. The number of sulfonamides is 1. The van der Waals surface area contributed by atoms with Gasteiger partial charge in [0.25, 0.3) is 27.5 Å². The number of hydrogen-bond acceptors (Lipinski definition) is 18. The van der Waals surface area contributed by atoms with Gasteiger partial charge in [-0.1, -0.05) is 13.8 Å². The van der Waals surface area contributed by atoms with Crippen molar-refractivity contribution in [2.45, 2.75) is 126 Å². The highest BCUT2D eigenvalue weighted by molar-refractivity contribution is 7.90. The Kier molecular flexibility index (Phi) is 15.4. The molecule has 12 rings (SSSR count). The number of carbonyl (C=O) groups excluding carboxylic acids is 1. The number of amides is 1. The minimum absolute atomic E-state index is 0.107. The SMILES string of the molecule is COc1cc(CN2CCN(C3CC4(CCN(c5ccc(C(=O)NS(=O)(=O)c6ccc(NCC7CCC(C)(O)CC7)c([N+](=O)[O-])c6)c(N6c7cc8cc[nH]c8nc7O[C@H]7COCC[C@@H]76)c5)CC4)C3)[C@@H](c3sccc3C(C)C)C2)cnc1OC. The average Bonchev–Trinajstić information content (AvgIpc) is 2.91. The molecule has 20 nitrogen and oxygen atoms in total. The monoisotopic (exact) mass is 1160 g/mol. The van der Waals surface area contributed by atoms with Crippen molar-refractivity contribution in [2.24, 2.45) is 11.3 Å². The number of anilines is 4. The molecule has 0 radical (unpaired) electrons. The van der Waals surface area contributed by atoms with E-state index < -0.39 is 43.1 Å². The van der Waals surface area contributed by atoms with Crippen LogP contribution in [-0.2, 0) is 21.3 Å². The number of piperazine rings is 1. The zero-order chi connectivity index (χ0) is 57.1. The molecule has 3 atom stereocenters. The molecule has 0 bridgehead atoms. The summed E-state index contributed by atoms with van der Waals surface area (Å²) in [5, 5.41) is 29.1. The third-order valence-electron chi connectivity index (χ3n) is 18.4. The Bertz CT molecular complexity index is 3450. The van der Waals surface area contributed by atoms with Gasteiger partial charge >= 0.3 is 0 Å². The number of ether oxygens (including phenoxy) is 4. The first-order valence-electron chi connectivity index (χ1n) is 28.8. The van der Waals surface area contributed by atoms with Gasteiger partial charge in [-0.25, -0.2) is 18.1 Å². The molecular formula is C60H74N10O10S2. The van der Waals surface area contributed by atoms with Crippen LogP contribution in [0.15, 0.2) is 83.3 Å². The number of carbonyl (C=O) groups is 1. The second-order valence-corrected chi connectivity index (χ2v) is 26.7. The first-order chi connectivity index (χ1) is 39.5. The van der Waals surface area contributed by atoms with E-state index in [0.29, 0.717) is 85.5 Å². The minimum Gasteiger partial charge on any atom is -0.491 e. The number of piperidine rings is 1. The average molecular weight is 1160 g/mol. The van der Waals surface area contributed by atoms with Crippen LogP contribution in [-0.4, -0.2) is 140 Å². The Hall–Kier alpha value is -6.56. The molecule has 4 N–H and O–H groups in total. The molecule has 1 amide bonds. The van der Waals surface area contributed by atoms with Crippen LogP contribution in [0.2, 0.25) is 0 Å². The summed E-state index contributed by atoms with van der Waals surface area (Å²) in [4.78, 5) is 50.1. The van der Waals surface area contributed by atoms with Crippen molar-refractivity contribution in [2.75, 3.05) is 81.8 Å². The van der Waals surface area contributed by atoms with E-state index in [1.54, 1.807) is 20.3 Å². The van der Waals surface area contributed by atoms with Gasteiger partial charge in [0.1, 0.15) is 23.1 Å². The molecule has 6 aromatic rings. The molecule has 5 fully saturated rings. The number of hydrogen-bond donors (Lipinski definition) is 4. The van der Waals surface area contributed by atoms with E-state index in [0.717, 1.165) is 100 Å². The van der Waals surface area contributed by atoms with Gasteiger partial charge < -0.3 is 44.2 Å². The number of nitrogens with one attached hydrogen (secondary N) is 3. The summed E-state index contributed by atoms with van der Waals surface area (Å²) in [6, 6.07) is 17.9. The van der Waals surface area contributed by atoms with E-state index in [1.807, 2.05) is 61.0 Å². The summed E-state index contributed by atoms with van der Waals surface area (Å²) >= 11 is 1.88. The predicted molar refractivity (Wildman–Crippen MR) is 315 cm³/mol. The maximum absolute atomic E-state index is 14.8. The van der Waals surface area contributed by atoms with Gasteiger partial charge in [0, 0.05) is 92.9 Å². The highest BCUT2D eigenvalue weighted by Crippen LogP contribution is 2.54. The van der Waals surface area contributed by atoms with Gasteiger partial charge in [-0.2, -0.15) is 4.98 Å². The number of pyridine rings is 2. The van der Waals surface area contributed by atoms with Crippen LogP contribution in [0.4, 0.5) is 28.4 Å². The zero-order valence-corrected chi connectivity index (χ0v) is 48.9. The van der Waals surface area contributed by atoms with Gasteiger partial charge in [0.15, 0.2) is 5.75 Å². The van der Waals surface area contributed by atoms with E-state index in [4.69, 9.17) is 23.9 Å². The highest BCUT2D eigenvalue weighted by Gasteiger charge is 2.51. The number of methoxy groups -OCH3 is 2. The summed E-state index contributed by atoms with van der Waals surface area (Å²) in [5.41, 5.74) is 4.53. The van der Waals surface area contributed by atoms with Crippen LogP contribution in [0.5, 0.6) is 17.5 Å². The molecule has 4 aromatic heterocycles. The Morgan fingerprint density at radius 2 is 1.79 bits per heavy atom. The Labute approximate surface area is 482 Å². The summed E-state index contributed by atoms with van der Waals surface area (Å²) in [5.74, 6) is 1.20. The van der Waals surface area contributed by atoms with Crippen LogP contribution in [0.25, 0.3) is 11.0 Å². The number of aliphatic hydroxyl groups is 1. The summed E-state index contributed by atoms with van der Waals surface area (Å²) < 4.78 is 54.4. The Morgan fingerprint density at radius 1 is 0.988 bits per heavy atom. The van der Waals surface area contributed by atoms with E-state index in [-0.39, 0.29) is 34.7 Å². The van der Waals surface area contributed by atoms with Crippen molar-refractivity contribution in [3.63, 3.8) is 0 Å². The lowest BCUT2D eigenvalue weighted by molar-refractivity contribution is -0.384. The lowest BCUT2D eigenvalue weighted by Gasteiger charge is -2.58. The molecule has 82 heavy (non-hydrogen) atoms. The van der Waals surface area contributed by atoms with Crippen molar-refractivity contribution < 1.29 is 42.2 Å². The molecule has 4 aliphatic heterocycles. The van der Waals surface area contributed by atoms with Gasteiger partial charge in [-0.3, -0.25) is 24.7 Å². The molecule has 2 aromatic carbocycles. The molecule has 0 unspecified atom stereocenters. The van der Waals surface area contributed by atoms with Crippen molar-refractivity contribution in [3.8, 4) is 17.5 Å². The largest absolute Gasteiger partial charge is 0.491 e. The van der Waals surface area contributed by atoms with E-state index >= 15 is 0 Å². The molecule has 6 aliphatic rings. The van der Waals surface area contributed by atoms with Crippen LogP contribution in [0.3, 0.4) is 0 Å². The van der Waals surface area contributed by atoms with E-state index in [2.05, 4.69) is 64.9 Å². The summed E-state index contributed by atoms with van der Waals surface area (Å²) in [7, 11) is -1.39. The fourth-order valence-electron chi connectivity index (χ4n) is 13.7. The normalized spacial score (nSPS) is 24.1. The number of aromatic nitrogens is 3. The topological polar surface area (TPSA) is 230 Å². The zero-order valence-electron chi connectivity index (χ0n) is 47.3. The number of aromatic amines is 1. The van der Waals surface area contributed by atoms with Gasteiger partial charge in [0.05, 0.1) is 59.6 Å². The van der Waals surface area contributed by atoms with Crippen molar-refractivity contribution in [1.82, 2.24) is 29.5 Å². The number of rotatable bonds is 16. The third kappa shape index (κ3) is 11.1. The first kappa shape index (κ1) is 55.9. The number of nitrogens with zero attached hydrogens (tertiary/aromatic N) is 7. The lowest BCUT2D eigenvalue weighted by atomic mass is 9.59. The predicted octanol–water partition coefficient (Wildman–Crippen LogP) is 9.54. The van der Waals surface area contributed by atoms with Crippen molar-refractivity contribution in [1.29, 1.82) is 0 Å². The molecule has 22 heteroatoms. The number of nitro groups is 1. The fraction of sp³-hybridized carbons (Fsp3) is 0.517. The van der Waals surface area contributed by atoms with Crippen LogP contribution < -0.4 is 34.0 Å². The Morgan fingerprint density at radius 3 is 2.55 bits per heavy atom. The maximum atomic E-state index is 14.8. The van der Waals surface area contributed by atoms with Crippen molar-refractivity contribution >= 4 is 66.7 Å². The second-order valence-electron chi connectivity index (χ2n) is 24.1. The van der Waals surface area contributed by atoms with Crippen LogP contribution in [0.1, 0.15) is 117 Å². The molecule has 3 saturated heterocycles. The molecule has 2 aliphatic carbocycles. The summed E-state index contributed by atoms with van der Waals surface area (Å²) in [6.07, 6.45) is 10.9. The number of thiophene rings is 1. The second kappa shape index (κ2) is 22.5. The Balaban J connectivity index is 0.792. The van der Waals surface area contributed by atoms with Crippen LogP contribution >= 0.6 is 11.3 Å². The quantitative estimate of drug-likeness (QED) is 0.0522. The van der Waals surface area contributed by atoms with E-state index in [9.17, 15) is 28.4 Å². The third-order valence-corrected chi connectivity index (χ3v) is 20.8.